The van der Waals surface area contributed by atoms with Crippen LogP contribution in [0.4, 0.5) is 0 Å². The van der Waals surface area contributed by atoms with Crippen LogP contribution in [0, 0.1) is 0 Å². The minimum absolute atomic E-state index is 0.809. The molecule has 1 aliphatic rings. The number of fused-ring (bicyclic) bond motifs is 7. The van der Waals surface area contributed by atoms with E-state index in [9.17, 15) is 0 Å². The van der Waals surface area contributed by atoms with Crippen LogP contribution >= 0.6 is 7.14 Å². The fourth-order valence-corrected chi connectivity index (χ4v) is 8.72. The first-order valence-electron chi connectivity index (χ1n) is 12.5. The molecule has 174 valence electrons. The summed E-state index contributed by atoms with van der Waals surface area (Å²) in [7, 11) is -3.09. The molecule has 0 saturated carbocycles. The summed E-state index contributed by atoms with van der Waals surface area (Å²) in [6.45, 7) is 0. The Morgan fingerprint density at radius 1 is 0.432 bits per heavy atom. The summed E-state index contributed by atoms with van der Waals surface area (Å²) >= 11 is 0. The van der Waals surface area contributed by atoms with Crippen molar-refractivity contribution < 1.29 is 8.98 Å². The zero-order chi connectivity index (χ0) is 24.6. The highest BCUT2D eigenvalue weighted by molar-refractivity contribution is 7.85. The van der Waals surface area contributed by atoms with Crippen LogP contribution in [0.2, 0.25) is 0 Å². The number of rotatable bonds is 3. The molecule has 1 aromatic heterocycles. The van der Waals surface area contributed by atoms with Crippen LogP contribution in [0.25, 0.3) is 55.0 Å². The average molecular weight is 493 g/mol. The maximum Gasteiger partial charge on any atom is 0.171 e. The molecular weight excluding hydrogens is 471 g/mol. The Kier molecular flexibility index (Phi) is 4.24. The Bertz CT molecular complexity index is 2010. The van der Waals surface area contributed by atoms with Crippen molar-refractivity contribution in [3.05, 3.63) is 127 Å². The molecule has 0 spiro atoms. The van der Waals surface area contributed by atoms with Crippen molar-refractivity contribution in [2.45, 2.75) is 0 Å². The van der Waals surface area contributed by atoms with Gasteiger partial charge in [0.1, 0.15) is 11.2 Å². The Balaban J connectivity index is 1.46. The van der Waals surface area contributed by atoms with Gasteiger partial charge < -0.3 is 8.98 Å². The average Bonchev–Trinajstić information content (AvgIpc) is 3.50. The van der Waals surface area contributed by atoms with Crippen molar-refractivity contribution in [3.63, 3.8) is 0 Å². The Labute approximate surface area is 214 Å². The molecule has 0 bridgehead atoms. The van der Waals surface area contributed by atoms with Crippen LogP contribution in [-0.2, 0) is 4.57 Å². The van der Waals surface area contributed by atoms with Crippen molar-refractivity contribution >= 4 is 55.8 Å². The van der Waals surface area contributed by atoms with Crippen LogP contribution in [-0.4, -0.2) is 0 Å². The number of furan rings is 1. The fourth-order valence-electron chi connectivity index (χ4n) is 6.05. The summed E-state index contributed by atoms with van der Waals surface area (Å²) in [5.41, 5.74) is 6.65. The van der Waals surface area contributed by atoms with Gasteiger partial charge in [-0.2, -0.15) is 0 Å². The van der Waals surface area contributed by atoms with E-state index in [2.05, 4.69) is 54.6 Å². The molecular formula is C34H21O2P. The van der Waals surface area contributed by atoms with E-state index < -0.39 is 7.14 Å². The van der Waals surface area contributed by atoms with Crippen molar-refractivity contribution in [1.29, 1.82) is 0 Å². The summed E-state index contributed by atoms with van der Waals surface area (Å²) in [5, 5.41) is 6.99. The van der Waals surface area contributed by atoms with Gasteiger partial charge in [0.2, 0.25) is 0 Å². The van der Waals surface area contributed by atoms with Crippen LogP contribution in [0.15, 0.2) is 132 Å². The number of hydrogen-bond donors (Lipinski definition) is 0. The molecule has 0 N–H and O–H groups in total. The molecule has 8 rings (SSSR count). The third kappa shape index (κ3) is 2.79. The third-order valence-corrected chi connectivity index (χ3v) is 10.7. The molecule has 2 nitrogen and oxygen atoms in total. The van der Waals surface area contributed by atoms with E-state index in [1.807, 2.05) is 72.8 Å². The van der Waals surface area contributed by atoms with E-state index in [4.69, 9.17) is 4.42 Å². The Morgan fingerprint density at radius 3 is 1.76 bits per heavy atom. The van der Waals surface area contributed by atoms with Crippen LogP contribution in [0.5, 0.6) is 0 Å². The van der Waals surface area contributed by atoms with E-state index in [1.165, 1.54) is 33.0 Å². The van der Waals surface area contributed by atoms with E-state index in [0.717, 1.165) is 37.9 Å². The lowest BCUT2D eigenvalue weighted by Gasteiger charge is -2.20. The van der Waals surface area contributed by atoms with Crippen LogP contribution in [0.3, 0.4) is 0 Å². The van der Waals surface area contributed by atoms with Crippen LogP contribution < -0.4 is 15.9 Å². The second-order valence-corrected chi connectivity index (χ2v) is 12.4. The van der Waals surface area contributed by atoms with E-state index >= 15 is 4.57 Å². The van der Waals surface area contributed by atoms with Crippen molar-refractivity contribution in [2.24, 2.45) is 0 Å². The quantitative estimate of drug-likeness (QED) is 0.234. The highest BCUT2D eigenvalue weighted by Gasteiger charge is 2.31. The van der Waals surface area contributed by atoms with Gasteiger partial charge in [0.05, 0.1) is 0 Å². The topological polar surface area (TPSA) is 30.2 Å². The van der Waals surface area contributed by atoms with Gasteiger partial charge in [-0.25, -0.2) is 0 Å². The summed E-state index contributed by atoms with van der Waals surface area (Å²) in [6, 6.07) is 43.0. The molecule has 0 radical (unpaired) electrons. The minimum atomic E-state index is -3.09. The van der Waals surface area contributed by atoms with Crippen molar-refractivity contribution in [2.75, 3.05) is 0 Å². The number of benzene rings is 6. The molecule has 7 aromatic rings. The zero-order valence-electron chi connectivity index (χ0n) is 19.9. The Morgan fingerprint density at radius 2 is 1.05 bits per heavy atom. The first-order chi connectivity index (χ1) is 18.2. The first-order valence-corrected chi connectivity index (χ1v) is 14.2. The maximum atomic E-state index is 15.0. The summed E-state index contributed by atoms with van der Waals surface area (Å²) in [5.74, 6) is 0. The van der Waals surface area contributed by atoms with E-state index in [0.29, 0.717) is 0 Å². The summed E-state index contributed by atoms with van der Waals surface area (Å²) in [6.07, 6.45) is 0. The molecule has 6 aromatic carbocycles. The number of hydrogen-bond acceptors (Lipinski definition) is 2. The molecule has 1 heterocycles. The lowest BCUT2D eigenvalue weighted by molar-refractivity contribution is 0.592. The predicted octanol–water partition coefficient (Wildman–Crippen LogP) is 8.03. The van der Waals surface area contributed by atoms with Gasteiger partial charge in [-0.05, 0) is 57.3 Å². The largest absolute Gasteiger partial charge is 0.456 e. The van der Waals surface area contributed by atoms with E-state index in [-0.39, 0.29) is 0 Å². The summed E-state index contributed by atoms with van der Waals surface area (Å²) < 4.78 is 21.5. The SMILES string of the molecule is O=P(c1ccccc1)(c1ccccc1)c1ccc2oc3cc4c5c(cccc5c3c2c1)-c1ccccc1-4. The lowest BCUT2D eigenvalue weighted by Crippen LogP contribution is -2.24. The highest BCUT2D eigenvalue weighted by Crippen LogP contribution is 2.51. The monoisotopic (exact) mass is 492 g/mol. The maximum absolute atomic E-state index is 15.0. The predicted molar refractivity (Wildman–Crippen MR) is 155 cm³/mol. The van der Waals surface area contributed by atoms with Gasteiger partial charge in [-0.1, -0.05) is 103 Å². The molecule has 0 fully saturated rings. The third-order valence-electron chi connectivity index (χ3n) is 7.69. The zero-order valence-corrected chi connectivity index (χ0v) is 20.8. The minimum Gasteiger partial charge on any atom is -0.456 e. The van der Waals surface area contributed by atoms with Crippen molar-refractivity contribution in [3.8, 4) is 22.3 Å². The van der Waals surface area contributed by atoms with Crippen molar-refractivity contribution in [1.82, 2.24) is 0 Å². The van der Waals surface area contributed by atoms with Gasteiger partial charge in [-0.15, -0.1) is 0 Å². The summed E-state index contributed by atoms with van der Waals surface area (Å²) in [4.78, 5) is 0. The fraction of sp³-hybridized carbons (Fsp3) is 0. The standard InChI is InChI=1S/C34H21O2P/c35-37(22-10-3-1-4-11-22,23-12-5-2-6-13-23)24-18-19-31-30(20-24)34-28-17-9-16-27-25-14-7-8-15-26(25)29(33(27)28)21-32(34)36-31/h1-21H. The molecule has 1 aliphatic carbocycles. The van der Waals surface area contributed by atoms with Gasteiger partial charge >= 0.3 is 0 Å². The van der Waals surface area contributed by atoms with Gasteiger partial charge in [-0.3, -0.25) is 0 Å². The Hall–Kier alpha value is -4.39. The van der Waals surface area contributed by atoms with E-state index in [1.54, 1.807) is 0 Å². The lowest BCUT2D eigenvalue weighted by atomic mass is 9.98. The normalized spacial score (nSPS) is 12.4. The molecule has 0 saturated heterocycles. The molecule has 37 heavy (non-hydrogen) atoms. The van der Waals surface area contributed by atoms with Crippen LogP contribution in [0.1, 0.15) is 0 Å². The smallest absolute Gasteiger partial charge is 0.171 e. The highest BCUT2D eigenvalue weighted by atomic mass is 31.2. The van der Waals surface area contributed by atoms with Gasteiger partial charge in [0.15, 0.2) is 7.14 Å². The molecule has 0 amide bonds. The molecule has 3 heteroatoms. The molecule has 0 unspecified atom stereocenters. The van der Waals surface area contributed by atoms with Gasteiger partial charge in [0.25, 0.3) is 0 Å². The molecule has 0 atom stereocenters. The second-order valence-electron chi connectivity index (χ2n) is 9.63. The molecule has 0 aliphatic heterocycles. The first kappa shape index (κ1) is 20.8. The second kappa shape index (κ2) is 7.56. The van der Waals surface area contributed by atoms with Gasteiger partial charge in [0, 0.05) is 26.7 Å².